The molecule has 2 aliphatic rings. The second kappa shape index (κ2) is 10.7. The highest BCUT2D eigenvalue weighted by atomic mass is 16.1. The number of rotatable bonds is 0. The minimum absolute atomic E-state index is 0.750. The molecule has 14 heavy (non-hydrogen) atoms. The molecule has 2 aliphatic carbocycles. The highest BCUT2D eigenvalue weighted by molar-refractivity contribution is 5.80. The van der Waals surface area contributed by atoms with Crippen molar-refractivity contribution in [3.05, 3.63) is 37.4 Å². The minimum atomic E-state index is 0.750. The van der Waals surface area contributed by atoms with Gasteiger partial charge in [-0.3, -0.25) is 0 Å². The van der Waals surface area contributed by atoms with E-state index in [0.717, 1.165) is 12.2 Å². The second-order valence-corrected chi connectivity index (χ2v) is 1.78. The summed E-state index contributed by atoms with van der Waals surface area (Å²) in [6.07, 6.45) is 1.50. The topological polar surface area (TPSA) is 81.8 Å². The van der Waals surface area contributed by atoms with Crippen molar-refractivity contribution >= 4 is 12.2 Å². The molecule has 2 rings (SSSR count). The predicted octanol–water partition coefficient (Wildman–Crippen LogP) is 2.27. The van der Waals surface area contributed by atoms with Crippen LogP contribution in [0.2, 0.25) is 0 Å². The van der Waals surface area contributed by atoms with Gasteiger partial charge < -0.3 is 0 Å². The van der Waals surface area contributed by atoms with Gasteiger partial charge in [0, 0.05) is 0 Å². The van der Waals surface area contributed by atoms with Crippen LogP contribution in [0.5, 0.6) is 0 Å². The van der Waals surface area contributed by atoms with Crippen LogP contribution in [0.4, 0.5) is 0 Å². The maximum atomic E-state index is 8.35. The summed E-state index contributed by atoms with van der Waals surface area (Å²) >= 11 is 0. The molecule has 0 aromatic rings. The predicted molar refractivity (Wildman–Crippen MR) is 53.5 cm³/mol. The molecule has 0 spiro atoms. The number of carbonyl (C=O) groups excluding carboxylic acids is 2. The molecule has 0 saturated carbocycles. The standard InChI is InChI=1S/C6H4.C2H4.2CHNO/c1-2-5-4-6(5)3-1;1-2;2*2-1-3/h1-4H;1-2H2;2*2H. The molecule has 0 aromatic heterocycles. The fourth-order valence-electron chi connectivity index (χ4n) is 0.676. The zero-order valence-electron chi connectivity index (χ0n) is 7.54. The van der Waals surface area contributed by atoms with E-state index < -0.39 is 0 Å². The van der Waals surface area contributed by atoms with Crippen LogP contribution in [0.15, 0.2) is 37.4 Å². The Morgan fingerprint density at radius 2 is 1.29 bits per heavy atom. The summed E-state index contributed by atoms with van der Waals surface area (Å²) < 4.78 is 0. The average molecular weight is 190 g/mol. The van der Waals surface area contributed by atoms with Gasteiger partial charge in [0.1, 0.15) is 0 Å². The minimum Gasteiger partial charge on any atom is -0.222 e. The van der Waals surface area contributed by atoms with Crippen molar-refractivity contribution in [3.63, 3.8) is 0 Å². The Kier molecular flexibility index (Phi) is 10.9. The summed E-state index contributed by atoms with van der Waals surface area (Å²) in [5.74, 6) is 0. The second-order valence-electron chi connectivity index (χ2n) is 1.78. The number of nitrogens with one attached hydrogen (secondary N) is 2. The molecule has 0 radical (unpaired) electrons. The third kappa shape index (κ3) is 7.82. The number of benzene rings is 1. The van der Waals surface area contributed by atoms with E-state index in [1.165, 1.54) is 11.1 Å². The highest BCUT2D eigenvalue weighted by Gasteiger charge is 2.06. The average Bonchev–Trinajstić information content (AvgIpc) is 2.80. The van der Waals surface area contributed by atoms with Crippen LogP contribution < -0.4 is 0 Å². The molecule has 4 heteroatoms. The molecule has 2 N–H and O–H groups in total. The monoisotopic (exact) mass is 190 g/mol. The lowest BCUT2D eigenvalue weighted by Gasteiger charge is -1.48. The van der Waals surface area contributed by atoms with Crippen molar-refractivity contribution in [2.24, 2.45) is 0 Å². The van der Waals surface area contributed by atoms with Gasteiger partial charge in [0.2, 0.25) is 12.2 Å². The normalized spacial score (nSPS) is 6.29. The summed E-state index contributed by atoms with van der Waals surface area (Å²) in [5, 5.41) is 10.8. The molecule has 0 atom stereocenters. The third-order valence-electron chi connectivity index (χ3n) is 1.11. The number of hydrogen-bond acceptors (Lipinski definition) is 4. The van der Waals surface area contributed by atoms with Crippen molar-refractivity contribution in [3.8, 4) is 11.1 Å². The van der Waals surface area contributed by atoms with Gasteiger partial charge in [0.05, 0.1) is 0 Å². The van der Waals surface area contributed by atoms with Gasteiger partial charge in [-0.05, 0) is 17.2 Å². The Balaban J connectivity index is 0. The SMILES string of the molecule is C=C.N=C=O.N=C=O.c1cc2cc-2c1. The van der Waals surface area contributed by atoms with Crippen LogP contribution in [-0.4, -0.2) is 12.2 Å². The van der Waals surface area contributed by atoms with Crippen LogP contribution in [0.3, 0.4) is 0 Å². The zero-order chi connectivity index (χ0) is 11.4. The lowest BCUT2D eigenvalue weighted by atomic mass is 10.6. The van der Waals surface area contributed by atoms with E-state index in [1.54, 1.807) is 0 Å². The van der Waals surface area contributed by atoms with Gasteiger partial charge in [0.15, 0.2) is 0 Å². The van der Waals surface area contributed by atoms with Crippen molar-refractivity contribution in [2.45, 2.75) is 0 Å². The Bertz CT molecular complexity index is 306. The number of hydrogen-bond donors (Lipinski definition) is 2. The van der Waals surface area contributed by atoms with Crippen LogP contribution >= 0.6 is 0 Å². The Morgan fingerprint density at radius 3 is 1.36 bits per heavy atom. The molecule has 0 aliphatic heterocycles. The summed E-state index contributed by atoms with van der Waals surface area (Å²) in [4.78, 5) is 16.7. The first-order valence-electron chi connectivity index (χ1n) is 3.48. The van der Waals surface area contributed by atoms with Crippen molar-refractivity contribution in [1.82, 2.24) is 0 Å². The smallest absolute Gasteiger partial charge is 0.222 e. The molecule has 4 nitrogen and oxygen atoms in total. The molecule has 0 bridgehead atoms. The maximum Gasteiger partial charge on any atom is 0.231 e. The van der Waals surface area contributed by atoms with E-state index >= 15 is 0 Å². The Morgan fingerprint density at radius 1 is 1.00 bits per heavy atom. The van der Waals surface area contributed by atoms with Gasteiger partial charge in [0.25, 0.3) is 0 Å². The van der Waals surface area contributed by atoms with Crippen LogP contribution in [0, 0.1) is 10.8 Å². The highest BCUT2D eigenvalue weighted by Crippen LogP contribution is 2.32. The van der Waals surface area contributed by atoms with E-state index in [-0.39, 0.29) is 0 Å². The Hall–Kier alpha value is -2.28. The van der Waals surface area contributed by atoms with Crippen LogP contribution in [0.25, 0.3) is 11.1 Å². The Labute approximate surface area is 81.9 Å². The van der Waals surface area contributed by atoms with E-state index in [4.69, 9.17) is 20.4 Å². The summed E-state index contributed by atoms with van der Waals surface area (Å²) in [5.41, 5.74) is 2.85. The van der Waals surface area contributed by atoms with Gasteiger partial charge in [-0.2, -0.15) is 0 Å². The lowest BCUT2D eigenvalue weighted by molar-refractivity contribution is 0.562. The zero-order valence-corrected chi connectivity index (χ0v) is 7.54. The first kappa shape index (κ1) is 14.3. The largest absolute Gasteiger partial charge is 0.231 e. The molecular formula is C10H10N2O2. The molecule has 0 aromatic carbocycles. The fraction of sp³-hybridized carbons (Fsp3) is 0. The van der Waals surface area contributed by atoms with Gasteiger partial charge in [-0.1, -0.05) is 18.2 Å². The van der Waals surface area contributed by atoms with Gasteiger partial charge >= 0.3 is 0 Å². The number of fused-ring (bicyclic) bond motifs is 1. The van der Waals surface area contributed by atoms with Gasteiger partial charge in [-0.25, -0.2) is 20.4 Å². The first-order valence-corrected chi connectivity index (χ1v) is 3.48. The first-order chi connectivity index (χ1) is 6.79. The molecule has 0 fully saturated rings. The maximum absolute atomic E-state index is 8.35. The molecular weight excluding hydrogens is 180 g/mol. The van der Waals surface area contributed by atoms with E-state index in [9.17, 15) is 0 Å². The molecule has 72 valence electrons. The van der Waals surface area contributed by atoms with Crippen molar-refractivity contribution in [1.29, 1.82) is 10.8 Å². The van der Waals surface area contributed by atoms with Crippen LogP contribution in [0.1, 0.15) is 0 Å². The lowest BCUT2D eigenvalue weighted by Crippen LogP contribution is -1.23. The van der Waals surface area contributed by atoms with Gasteiger partial charge in [-0.15, -0.1) is 13.2 Å². The third-order valence-corrected chi connectivity index (χ3v) is 1.11. The van der Waals surface area contributed by atoms with E-state index in [1.807, 2.05) is 0 Å². The molecule has 0 saturated heterocycles. The van der Waals surface area contributed by atoms with Crippen molar-refractivity contribution < 1.29 is 9.59 Å². The molecule has 0 heterocycles. The van der Waals surface area contributed by atoms with Crippen LogP contribution in [-0.2, 0) is 9.59 Å². The van der Waals surface area contributed by atoms with E-state index in [0.29, 0.717) is 0 Å². The quantitative estimate of drug-likeness (QED) is 0.379. The molecule has 0 unspecified atom stereocenters. The fourth-order valence-corrected chi connectivity index (χ4v) is 0.676. The summed E-state index contributed by atoms with van der Waals surface area (Å²) in [7, 11) is 0. The number of isocyanates is 2. The van der Waals surface area contributed by atoms with Crippen molar-refractivity contribution in [2.75, 3.05) is 0 Å². The summed E-state index contributed by atoms with van der Waals surface area (Å²) in [6.45, 7) is 6.00. The summed E-state index contributed by atoms with van der Waals surface area (Å²) in [6, 6.07) is 8.48. The van der Waals surface area contributed by atoms with E-state index in [2.05, 4.69) is 37.4 Å². The molecule has 0 amide bonds.